The zero-order valence-electron chi connectivity index (χ0n) is 11.1. The van der Waals surface area contributed by atoms with Crippen LogP contribution in [0.15, 0.2) is 6.07 Å². The summed E-state index contributed by atoms with van der Waals surface area (Å²) >= 11 is 1.54. The molecule has 0 radical (unpaired) electrons. The lowest BCUT2D eigenvalue weighted by atomic mass is 9.96. The van der Waals surface area contributed by atoms with Crippen LogP contribution in [0.4, 0.5) is 22.0 Å². The minimum Gasteiger partial charge on any atom is -0.221 e. The molecule has 2 rings (SSSR count). The topological polar surface area (TPSA) is 43.1 Å². The Labute approximate surface area is 129 Å². The van der Waals surface area contributed by atoms with E-state index in [1.54, 1.807) is 43.4 Å². The first-order valence-electron chi connectivity index (χ1n) is 5.73. The van der Waals surface area contributed by atoms with E-state index >= 15 is 0 Å². The Bertz CT molecular complexity index is 686. The van der Waals surface area contributed by atoms with Crippen molar-refractivity contribution in [2.24, 2.45) is 0 Å². The van der Waals surface area contributed by atoms with Crippen LogP contribution >= 0.6 is 22.6 Å². The summed E-state index contributed by atoms with van der Waals surface area (Å²) in [5.74, 6) is -4.71. The molecule has 0 unspecified atom stereocenters. The molecule has 0 spiro atoms. The second kappa shape index (κ2) is 4.71. The molecule has 0 saturated carbocycles. The monoisotopic (exact) mass is 420 g/mol. The molecule has 0 bridgehead atoms. The Balaban J connectivity index is 2.66. The van der Waals surface area contributed by atoms with Gasteiger partial charge in [0.2, 0.25) is 0 Å². The van der Waals surface area contributed by atoms with Crippen molar-refractivity contribution in [1.82, 2.24) is 19.6 Å². The van der Waals surface area contributed by atoms with Crippen molar-refractivity contribution < 1.29 is 22.0 Å². The Morgan fingerprint density at radius 2 is 1.62 bits per heavy atom. The number of alkyl halides is 5. The lowest BCUT2D eigenvalue weighted by Crippen LogP contribution is -2.35. The molecule has 4 nitrogen and oxygen atoms in total. The molecular weight excluding hydrogens is 410 g/mol. The highest BCUT2D eigenvalue weighted by Gasteiger charge is 2.60. The van der Waals surface area contributed by atoms with Gasteiger partial charge in [0.15, 0.2) is 15.3 Å². The van der Waals surface area contributed by atoms with Crippen LogP contribution < -0.4 is 0 Å². The lowest BCUT2D eigenvalue weighted by Gasteiger charge is -2.18. The van der Waals surface area contributed by atoms with E-state index in [1.807, 2.05) is 0 Å². The number of hydrogen-bond donors (Lipinski definition) is 0. The van der Waals surface area contributed by atoms with Crippen molar-refractivity contribution in [1.29, 1.82) is 0 Å². The molecule has 116 valence electrons. The smallest absolute Gasteiger partial charge is 0.221 e. The molecule has 2 heterocycles. The molecule has 0 fully saturated rings. The molecular formula is C11H10F5IN4. The summed E-state index contributed by atoms with van der Waals surface area (Å²) in [4.78, 5) is 7.32. The minimum absolute atomic E-state index is 0.0988. The van der Waals surface area contributed by atoms with Gasteiger partial charge in [-0.3, -0.25) is 0 Å². The second-order valence-corrected chi connectivity index (χ2v) is 6.40. The number of halogens is 6. The Kier molecular flexibility index (Phi) is 3.66. The van der Waals surface area contributed by atoms with E-state index in [0.717, 1.165) is 4.52 Å². The van der Waals surface area contributed by atoms with Crippen LogP contribution in [0.3, 0.4) is 0 Å². The Morgan fingerprint density at radius 3 is 2.10 bits per heavy atom. The Hall–Kier alpha value is -1.07. The predicted molar refractivity (Wildman–Crippen MR) is 72.1 cm³/mol. The highest BCUT2D eigenvalue weighted by molar-refractivity contribution is 14.1. The number of aromatic nitrogens is 4. The first kappa shape index (κ1) is 16.3. The predicted octanol–water partition coefficient (Wildman–Crippen LogP) is 3.68. The summed E-state index contributed by atoms with van der Waals surface area (Å²) in [6.07, 6.45) is -5.71. The van der Waals surface area contributed by atoms with Crippen LogP contribution in [-0.4, -0.2) is 25.8 Å². The SMILES string of the molecule is CC(C)(C)c1nc2cc(C(F)(F)C(F)(F)F)nc(I)n2n1. The summed E-state index contributed by atoms with van der Waals surface area (Å²) in [5.41, 5.74) is -1.96. The van der Waals surface area contributed by atoms with Gasteiger partial charge in [-0.1, -0.05) is 20.8 Å². The number of fused-ring (bicyclic) bond motifs is 1. The van der Waals surface area contributed by atoms with E-state index in [0.29, 0.717) is 11.9 Å². The highest BCUT2D eigenvalue weighted by Crippen LogP contribution is 2.43. The van der Waals surface area contributed by atoms with Gasteiger partial charge >= 0.3 is 12.1 Å². The van der Waals surface area contributed by atoms with Gasteiger partial charge in [-0.25, -0.2) is 9.97 Å². The first-order chi connectivity index (χ1) is 9.34. The largest absolute Gasteiger partial charge is 0.459 e. The summed E-state index contributed by atoms with van der Waals surface area (Å²) < 4.78 is 65.0. The summed E-state index contributed by atoms with van der Waals surface area (Å²) in [6, 6.07) is 0.609. The van der Waals surface area contributed by atoms with Gasteiger partial charge in [0.1, 0.15) is 5.69 Å². The van der Waals surface area contributed by atoms with Crippen molar-refractivity contribution in [3.8, 4) is 0 Å². The molecule has 0 aromatic carbocycles. The average Bonchev–Trinajstić information content (AvgIpc) is 2.71. The van der Waals surface area contributed by atoms with Gasteiger partial charge in [-0.2, -0.15) is 26.5 Å². The van der Waals surface area contributed by atoms with Crippen LogP contribution in [0.2, 0.25) is 0 Å². The quantitative estimate of drug-likeness (QED) is 0.402. The third-order valence-corrected chi connectivity index (χ3v) is 3.33. The van der Waals surface area contributed by atoms with Crippen LogP contribution in [0.1, 0.15) is 32.3 Å². The third kappa shape index (κ3) is 2.81. The minimum atomic E-state index is -5.71. The molecule has 21 heavy (non-hydrogen) atoms. The maximum atomic E-state index is 13.4. The van der Waals surface area contributed by atoms with Crippen molar-refractivity contribution in [2.45, 2.75) is 38.3 Å². The van der Waals surface area contributed by atoms with Crippen molar-refractivity contribution in [3.05, 3.63) is 21.4 Å². The third-order valence-electron chi connectivity index (χ3n) is 2.63. The number of rotatable bonds is 1. The maximum Gasteiger partial charge on any atom is 0.459 e. The molecule has 2 aromatic heterocycles. The standard InChI is InChI=1S/C11H10F5IN4/c1-9(2,3)7-19-6-4-5(10(12,13)11(14,15)16)18-8(17)21(6)20-7/h4H,1-3H3. The number of hydrogen-bond acceptors (Lipinski definition) is 3. The van der Waals surface area contributed by atoms with Crippen LogP contribution in [0.25, 0.3) is 5.65 Å². The van der Waals surface area contributed by atoms with E-state index in [9.17, 15) is 22.0 Å². The van der Waals surface area contributed by atoms with Gasteiger partial charge in [-0.05, 0) is 0 Å². The molecule has 0 aliphatic carbocycles. The molecule has 2 aromatic rings. The fourth-order valence-corrected chi connectivity index (χ4v) is 2.09. The van der Waals surface area contributed by atoms with Gasteiger partial charge in [0.05, 0.1) is 0 Å². The van der Waals surface area contributed by atoms with E-state index in [1.165, 1.54) is 0 Å². The van der Waals surface area contributed by atoms with Crippen LogP contribution in [-0.2, 0) is 11.3 Å². The second-order valence-electron chi connectivity index (χ2n) is 5.44. The van der Waals surface area contributed by atoms with E-state index in [4.69, 9.17) is 0 Å². The van der Waals surface area contributed by atoms with Gasteiger partial charge < -0.3 is 0 Å². The van der Waals surface area contributed by atoms with Crippen molar-refractivity contribution >= 4 is 28.2 Å². The highest BCUT2D eigenvalue weighted by atomic mass is 127. The van der Waals surface area contributed by atoms with Gasteiger partial charge in [0, 0.05) is 34.1 Å². The normalized spacial score (nSPS) is 14.0. The van der Waals surface area contributed by atoms with Gasteiger partial charge in [-0.15, -0.1) is 5.10 Å². The summed E-state index contributed by atoms with van der Waals surface area (Å²) in [7, 11) is 0. The molecule has 0 N–H and O–H groups in total. The Morgan fingerprint density at radius 1 is 1.05 bits per heavy atom. The van der Waals surface area contributed by atoms with Crippen LogP contribution in [0.5, 0.6) is 0 Å². The molecule has 0 saturated heterocycles. The molecule has 0 aliphatic rings. The van der Waals surface area contributed by atoms with Crippen LogP contribution in [0, 0.1) is 3.83 Å². The molecule has 0 aliphatic heterocycles. The van der Waals surface area contributed by atoms with Crippen molar-refractivity contribution in [3.63, 3.8) is 0 Å². The van der Waals surface area contributed by atoms with Gasteiger partial charge in [0.25, 0.3) is 0 Å². The lowest BCUT2D eigenvalue weighted by molar-refractivity contribution is -0.291. The molecule has 0 amide bonds. The van der Waals surface area contributed by atoms with E-state index in [2.05, 4.69) is 15.1 Å². The molecule has 0 atom stereocenters. The zero-order valence-corrected chi connectivity index (χ0v) is 13.3. The fourth-order valence-electron chi connectivity index (χ4n) is 1.48. The number of nitrogens with zero attached hydrogens (tertiary/aromatic N) is 4. The summed E-state index contributed by atoms with van der Waals surface area (Å²) in [5, 5.41) is 4.08. The van der Waals surface area contributed by atoms with E-state index < -0.39 is 23.2 Å². The summed E-state index contributed by atoms with van der Waals surface area (Å²) in [6.45, 7) is 5.40. The fraction of sp³-hybridized carbons (Fsp3) is 0.545. The average molecular weight is 420 g/mol. The first-order valence-corrected chi connectivity index (χ1v) is 6.81. The molecule has 10 heteroatoms. The maximum absolute atomic E-state index is 13.4. The van der Waals surface area contributed by atoms with E-state index in [-0.39, 0.29) is 9.48 Å². The zero-order chi connectivity index (χ0) is 16.2. The van der Waals surface area contributed by atoms with Crippen molar-refractivity contribution in [2.75, 3.05) is 0 Å².